The Morgan fingerprint density at radius 2 is 1.58 bits per heavy atom. The van der Waals surface area contributed by atoms with E-state index < -0.39 is 0 Å². The van der Waals surface area contributed by atoms with Crippen molar-refractivity contribution in [1.29, 1.82) is 0 Å². The number of aromatic nitrogens is 3. The van der Waals surface area contributed by atoms with Crippen molar-refractivity contribution in [1.82, 2.24) is 19.9 Å². The van der Waals surface area contributed by atoms with Crippen LogP contribution in [0.1, 0.15) is 0 Å². The zero-order valence-corrected chi connectivity index (χ0v) is 17.6. The van der Waals surface area contributed by atoms with Crippen molar-refractivity contribution in [3.05, 3.63) is 72.8 Å². The minimum atomic E-state index is 0.912. The molecule has 0 radical (unpaired) electrons. The predicted molar refractivity (Wildman–Crippen MR) is 129 cm³/mol. The van der Waals surface area contributed by atoms with E-state index in [1.54, 1.807) is 0 Å². The molecule has 0 spiro atoms. The van der Waals surface area contributed by atoms with Crippen LogP contribution in [0.25, 0.3) is 44.6 Å². The topological polar surface area (TPSA) is 50.9 Å². The number of imidazole rings is 1. The van der Waals surface area contributed by atoms with Crippen molar-refractivity contribution in [3.63, 3.8) is 0 Å². The molecule has 0 atom stereocenters. The van der Waals surface area contributed by atoms with Gasteiger partial charge in [-0.3, -0.25) is 0 Å². The Hall–Kier alpha value is -3.57. The number of nitrogens with one attached hydrogen (secondary N) is 2. The quantitative estimate of drug-likeness (QED) is 0.436. The highest BCUT2D eigenvalue weighted by Crippen LogP contribution is 2.29. The van der Waals surface area contributed by atoms with Gasteiger partial charge in [0.05, 0.1) is 11.0 Å². The monoisotopic (exact) mass is 407 g/mol. The smallest absolute Gasteiger partial charge is 0.138 e. The first-order chi connectivity index (χ1) is 15.2. The normalized spacial score (nSPS) is 15.2. The zero-order valence-electron chi connectivity index (χ0n) is 17.6. The van der Waals surface area contributed by atoms with Gasteiger partial charge >= 0.3 is 0 Å². The lowest BCUT2D eigenvalue weighted by Crippen LogP contribution is -2.44. The SMILES string of the molecule is CN1CCN(c2ccc3nc(-c4ccc5[nH]c(-c6ccccc6)cc5c4)[nH]c3c2)CC1. The summed E-state index contributed by atoms with van der Waals surface area (Å²) in [6.07, 6.45) is 0. The van der Waals surface area contributed by atoms with Crippen LogP contribution in [0.5, 0.6) is 0 Å². The highest BCUT2D eigenvalue weighted by atomic mass is 15.2. The zero-order chi connectivity index (χ0) is 20.8. The van der Waals surface area contributed by atoms with Gasteiger partial charge in [0.15, 0.2) is 0 Å². The first-order valence-corrected chi connectivity index (χ1v) is 10.8. The molecule has 0 saturated carbocycles. The number of benzene rings is 3. The first-order valence-electron chi connectivity index (χ1n) is 10.8. The van der Waals surface area contributed by atoms with Crippen LogP contribution in [-0.2, 0) is 0 Å². The highest BCUT2D eigenvalue weighted by Gasteiger charge is 2.15. The van der Waals surface area contributed by atoms with Crippen LogP contribution in [0.3, 0.4) is 0 Å². The van der Waals surface area contributed by atoms with Gasteiger partial charge in [-0.25, -0.2) is 4.98 Å². The van der Waals surface area contributed by atoms with Gasteiger partial charge in [-0.05, 0) is 55.1 Å². The molecule has 3 heterocycles. The van der Waals surface area contributed by atoms with E-state index in [0.29, 0.717) is 0 Å². The molecule has 0 unspecified atom stereocenters. The standard InChI is InChI=1S/C26H25N5/c1-30-11-13-31(14-12-30)21-8-10-23-25(17-21)29-26(28-23)19-7-9-22-20(15-19)16-24(27-22)18-5-3-2-4-6-18/h2-10,15-17,27H,11-14H2,1H3,(H,28,29). The van der Waals surface area contributed by atoms with E-state index in [1.165, 1.54) is 16.6 Å². The number of hydrogen-bond acceptors (Lipinski definition) is 3. The summed E-state index contributed by atoms with van der Waals surface area (Å²) < 4.78 is 0. The lowest BCUT2D eigenvalue weighted by Gasteiger charge is -2.34. The molecule has 1 fully saturated rings. The van der Waals surface area contributed by atoms with E-state index >= 15 is 0 Å². The molecule has 1 aliphatic rings. The summed E-state index contributed by atoms with van der Waals surface area (Å²) in [5.41, 5.74) is 7.93. The summed E-state index contributed by atoms with van der Waals surface area (Å²) in [5, 5.41) is 1.19. The number of likely N-dealkylation sites (N-methyl/N-ethyl adjacent to an activating group) is 1. The highest BCUT2D eigenvalue weighted by molar-refractivity contribution is 5.90. The number of rotatable bonds is 3. The second kappa shape index (κ2) is 7.29. The van der Waals surface area contributed by atoms with Crippen LogP contribution < -0.4 is 4.90 Å². The molecule has 1 saturated heterocycles. The number of H-pyrrole nitrogens is 2. The van der Waals surface area contributed by atoms with Crippen LogP contribution in [0.2, 0.25) is 0 Å². The van der Waals surface area contributed by atoms with E-state index in [4.69, 9.17) is 4.98 Å². The molecule has 0 amide bonds. The van der Waals surface area contributed by atoms with Crippen LogP contribution >= 0.6 is 0 Å². The molecule has 1 aliphatic heterocycles. The van der Waals surface area contributed by atoms with Crippen LogP contribution in [0, 0.1) is 0 Å². The van der Waals surface area contributed by atoms with Crippen LogP contribution in [0.4, 0.5) is 5.69 Å². The molecule has 154 valence electrons. The Labute approximate surface area is 181 Å². The molecular formula is C26H25N5. The van der Waals surface area contributed by atoms with E-state index in [2.05, 4.69) is 93.5 Å². The molecule has 31 heavy (non-hydrogen) atoms. The molecule has 2 N–H and O–H groups in total. The van der Waals surface area contributed by atoms with Gasteiger partial charge < -0.3 is 19.8 Å². The summed E-state index contributed by atoms with van der Waals surface area (Å²) in [6, 6.07) is 25.7. The fourth-order valence-corrected chi connectivity index (χ4v) is 4.45. The van der Waals surface area contributed by atoms with Gasteiger partial charge in [0.1, 0.15) is 5.82 Å². The van der Waals surface area contributed by atoms with Gasteiger partial charge in [-0.2, -0.15) is 0 Å². The van der Waals surface area contributed by atoms with Crippen molar-refractivity contribution in [3.8, 4) is 22.6 Å². The minimum absolute atomic E-state index is 0.912. The summed E-state index contributed by atoms with van der Waals surface area (Å²) in [5.74, 6) is 0.912. The minimum Gasteiger partial charge on any atom is -0.369 e. The van der Waals surface area contributed by atoms with E-state index in [1.807, 2.05) is 6.07 Å². The lowest BCUT2D eigenvalue weighted by molar-refractivity contribution is 0.313. The van der Waals surface area contributed by atoms with Gasteiger partial charge in [0, 0.05) is 54.0 Å². The number of hydrogen-bond donors (Lipinski definition) is 2. The Balaban J connectivity index is 1.33. The second-order valence-corrected chi connectivity index (χ2v) is 8.43. The molecule has 6 rings (SSSR count). The maximum absolute atomic E-state index is 4.86. The van der Waals surface area contributed by atoms with Crippen molar-refractivity contribution in [2.75, 3.05) is 38.1 Å². The first kappa shape index (κ1) is 18.2. The van der Waals surface area contributed by atoms with Crippen LogP contribution in [0.15, 0.2) is 72.8 Å². The average Bonchev–Trinajstić information content (AvgIpc) is 3.43. The van der Waals surface area contributed by atoms with E-state index in [-0.39, 0.29) is 0 Å². The maximum Gasteiger partial charge on any atom is 0.138 e. The third-order valence-corrected chi connectivity index (χ3v) is 6.31. The lowest BCUT2D eigenvalue weighted by atomic mass is 10.1. The van der Waals surface area contributed by atoms with Crippen molar-refractivity contribution >= 4 is 27.6 Å². The molecule has 5 aromatic rings. The predicted octanol–water partition coefficient (Wildman–Crippen LogP) is 5.13. The fourth-order valence-electron chi connectivity index (χ4n) is 4.45. The van der Waals surface area contributed by atoms with Crippen molar-refractivity contribution in [2.45, 2.75) is 0 Å². The number of anilines is 1. The van der Waals surface area contributed by atoms with Crippen LogP contribution in [-0.4, -0.2) is 53.1 Å². The largest absolute Gasteiger partial charge is 0.369 e. The Bertz CT molecular complexity index is 1360. The van der Waals surface area contributed by atoms with Crippen molar-refractivity contribution < 1.29 is 0 Å². The molecular weight excluding hydrogens is 382 g/mol. The van der Waals surface area contributed by atoms with Crippen molar-refractivity contribution in [2.24, 2.45) is 0 Å². The van der Waals surface area contributed by atoms with E-state index in [9.17, 15) is 0 Å². The molecule has 3 aromatic carbocycles. The van der Waals surface area contributed by atoms with Gasteiger partial charge in [-0.15, -0.1) is 0 Å². The Morgan fingerprint density at radius 1 is 0.742 bits per heavy atom. The summed E-state index contributed by atoms with van der Waals surface area (Å²) in [7, 11) is 2.19. The van der Waals surface area contributed by atoms with Gasteiger partial charge in [-0.1, -0.05) is 30.3 Å². The fraction of sp³-hybridized carbons (Fsp3) is 0.192. The maximum atomic E-state index is 4.86. The number of aromatic amines is 2. The Kier molecular flexibility index (Phi) is 4.28. The third kappa shape index (κ3) is 3.37. The number of nitrogens with zero attached hydrogens (tertiary/aromatic N) is 3. The Morgan fingerprint density at radius 3 is 2.42 bits per heavy atom. The second-order valence-electron chi connectivity index (χ2n) is 8.43. The van der Waals surface area contributed by atoms with Gasteiger partial charge in [0.2, 0.25) is 0 Å². The number of piperazine rings is 1. The molecule has 0 aliphatic carbocycles. The molecule has 0 bridgehead atoms. The van der Waals surface area contributed by atoms with E-state index in [0.717, 1.165) is 59.8 Å². The molecule has 5 nitrogen and oxygen atoms in total. The summed E-state index contributed by atoms with van der Waals surface area (Å²) >= 11 is 0. The molecule has 2 aromatic heterocycles. The molecule has 5 heteroatoms. The average molecular weight is 408 g/mol. The summed E-state index contributed by atoms with van der Waals surface area (Å²) in [6.45, 7) is 4.34. The summed E-state index contributed by atoms with van der Waals surface area (Å²) in [4.78, 5) is 16.8. The third-order valence-electron chi connectivity index (χ3n) is 6.31. The van der Waals surface area contributed by atoms with Gasteiger partial charge in [0.25, 0.3) is 0 Å². The number of fused-ring (bicyclic) bond motifs is 2.